The van der Waals surface area contributed by atoms with E-state index in [-0.39, 0.29) is 12.7 Å². The van der Waals surface area contributed by atoms with Gasteiger partial charge in [-0.25, -0.2) is 0 Å². The number of aromatic nitrogens is 1. The summed E-state index contributed by atoms with van der Waals surface area (Å²) < 4.78 is 10.7. The van der Waals surface area contributed by atoms with Crippen LogP contribution in [0.3, 0.4) is 0 Å². The van der Waals surface area contributed by atoms with Crippen LogP contribution < -0.4 is 14.8 Å². The first-order valence-corrected chi connectivity index (χ1v) is 7.82. The first kappa shape index (κ1) is 14.5. The average Bonchev–Trinajstić information content (AvgIpc) is 3.09. The molecule has 2 aromatic carbocycles. The Hall–Kier alpha value is -3.08. The third-order valence-corrected chi connectivity index (χ3v) is 4.02. The lowest BCUT2D eigenvalue weighted by Gasteiger charge is -2.08. The molecule has 1 aliphatic heterocycles. The molecule has 0 bridgehead atoms. The Morgan fingerprint density at radius 2 is 1.96 bits per heavy atom. The van der Waals surface area contributed by atoms with E-state index in [9.17, 15) is 4.79 Å². The van der Waals surface area contributed by atoms with Crippen molar-refractivity contribution in [3.05, 3.63) is 66.0 Å². The highest BCUT2D eigenvalue weighted by molar-refractivity contribution is 6.05. The highest BCUT2D eigenvalue weighted by Crippen LogP contribution is 2.32. The summed E-state index contributed by atoms with van der Waals surface area (Å²) in [7, 11) is 0. The van der Waals surface area contributed by atoms with Gasteiger partial charge in [-0.2, -0.15) is 0 Å². The highest BCUT2D eigenvalue weighted by atomic mass is 16.7. The molecule has 0 saturated carbocycles. The zero-order valence-corrected chi connectivity index (χ0v) is 13.0. The normalized spacial score (nSPS) is 12.3. The summed E-state index contributed by atoms with van der Waals surface area (Å²) in [4.78, 5) is 16.6. The van der Waals surface area contributed by atoms with Crippen molar-refractivity contribution in [3.63, 3.8) is 0 Å². The Morgan fingerprint density at radius 3 is 2.92 bits per heavy atom. The van der Waals surface area contributed by atoms with Gasteiger partial charge in [0.2, 0.25) is 6.79 Å². The smallest absolute Gasteiger partial charge is 0.270 e. The van der Waals surface area contributed by atoms with Crippen molar-refractivity contribution >= 4 is 16.7 Å². The van der Waals surface area contributed by atoms with Gasteiger partial charge in [-0.3, -0.25) is 9.78 Å². The summed E-state index contributed by atoms with van der Waals surface area (Å²) in [5, 5.41) is 4.80. The second kappa shape index (κ2) is 6.20. The number of nitrogens with one attached hydrogen (secondary N) is 1. The molecule has 4 rings (SSSR count). The van der Waals surface area contributed by atoms with Crippen LogP contribution in [0.4, 0.5) is 0 Å². The summed E-state index contributed by atoms with van der Waals surface area (Å²) in [6, 6.07) is 15.5. The SMILES string of the molecule is O=C(NCCc1ccc2c(c1)OCO2)c1nccc2ccccc12. The van der Waals surface area contributed by atoms with E-state index in [4.69, 9.17) is 9.47 Å². The van der Waals surface area contributed by atoms with Gasteiger partial charge in [0.15, 0.2) is 11.5 Å². The predicted octanol–water partition coefficient (Wildman–Crippen LogP) is 2.94. The Labute approximate surface area is 139 Å². The number of amides is 1. The van der Waals surface area contributed by atoms with Gasteiger partial charge >= 0.3 is 0 Å². The van der Waals surface area contributed by atoms with Crippen LogP contribution in [-0.2, 0) is 6.42 Å². The van der Waals surface area contributed by atoms with Crippen LogP contribution in [0.1, 0.15) is 16.1 Å². The topological polar surface area (TPSA) is 60.5 Å². The fraction of sp³-hybridized carbons (Fsp3) is 0.158. The molecule has 0 aliphatic carbocycles. The van der Waals surface area contributed by atoms with Crippen molar-refractivity contribution in [2.45, 2.75) is 6.42 Å². The zero-order valence-electron chi connectivity index (χ0n) is 13.0. The number of hydrogen-bond donors (Lipinski definition) is 1. The maximum atomic E-state index is 12.4. The van der Waals surface area contributed by atoms with Gasteiger partial charge in [-0.15, -0.1) is 0 Å². The maximum Gasteiger partial charge on any atom is 0.270 e. The first-order valence-electron chi connectivity index (χ1n) is 7.82. The van der Waals surface area contributed by atoms with E-state index in [1.165, 1.54) is 0 Å². The second-order valence-electron chi connectivity index (χ2n) is 5.57. The lowest BCUT2D eigenvalue weighted by molar-refractivity contribution is 0.0951. The van der Waals surface area contributed by atoms with E-state index < -0.39 is 0 Å². The molecule has 0 fully saturated rings. The number of carbonyl (C=O) groups is 1. The van der Waals surface area contributed by atoms with Gasteiger partial charge in [-0.1, -0.05) is 30.3 Å². The molecule has 5 heteroatoms. The number of carbonyl (C=O) groups excluding carboxylic acids is 1. The number of nitrogens with zero attached hydrogens (tertiary/aromatic N) is 1. The van der Waals surface area contributed by atoms with Crippen LogP contribution in [0.2, 0.25) is 0 Å². The molecule has 24 heavy (non-hydrogen) atoms. The molecule has 1 aliphatic rings. The summed E-state index contributed by atoms with van der Waals surface area (Å²) >= 11 is 0. The minimum atomic E-state index is -0.160. The van der Waals surface area contributed by atoms with Gasteiger partial charge in [0.1, 0.15) is 5.69 Å². The Morgan fingerprint density at radius 1 is 1.08 bits per heavy atom. The van der Waals surface area contributed by atoms with Gasteiger partial charge in [0.25, 0.3) is 5.91 Å². The Bertz CT molecular complexity index is 903. The van der Waals surface area contributed by atoms with Crippen LogP contribution in [0, 0.1) is 0 Å². The molecule has 1 amide bonds. The number of ether oxygens (including phenoxy) is 2. The summed E-state index contributed by atoms with van der Waals surface area (Å²) in [6.07, 6.45) is 2.38. The molecule has 1 N–H and O–H groups in total. The number of fused-ring (bicyclic) bond motifs is 2. The Kier molecular flexibility index (Phi) is 3.75. The van der Waals surface area contributed by atoms with Gasteiger partial charge in [-0.05, 0) is 35.6 Å². The van der Waals surface area contributed by atoms with E-state index in [0.717, 1.165) is 27.8 Å². The van der Waals surface area contributed by atoms with Crippen molar-refractivity contribution in [1.82, 2.24) is 10.3 Å². The molecule has 120 valence electrons. The fourth-order valence-corrected chi connectivity index (χ4v) is 2.80. The number of pyridine rings is 1. The van der Waals surface area contributed by atoms with Crippen molar-refractivity contribution in [3.8, 4) is 11.5 Å². The van der Waals surface area contributed by atoms with E-state index >= 15 is 0 Å². The van der Waals surface area contributed by atoms with Crippen LogP contribution >= 0.6 is 0 Å². The number of benzene rings is 2. The van der Waals surface area contributed by atoms with Gasteiger partial charge < -0.3 is 14.8 Å². The molecule has 5 nitrogen and oxygen atoms in total. The molecular formula is C19H16N2O3. The third kappa shape index (κ3) is 2.76. The molecule has 0 atom stereocenters. The van der Waals surface area contributed by atoms with E-state index in [1.807, 2.05) is 48.5 Å². The molecule has 0 saturated heterocycles. The van der Waals surface area contributed by atoms with E-state index in [2.05, 4.69) is 10.3 Å². The minimum absolute atomic E-state index is 0.160. The first-order chi connectivity index (χ1) is 11.8. The summed E-state index contributed by atoms with van der Waals surface area (Å²) in [5.74, 6) is 1.37. The van der Waals surface area contributed by atoms with Gasteiger partial charge in [0.05, 0.1) is 0 Å². The monoisotopic (exact) mass is 320 g/mol. The van der Waals surface area contributed by atoms with Crippen molar-refractivity contribution in [2.75, 3.05) is 13.3 Å². The standard InChI is InChI=1S/C19H16N2O3/c22-19(18-15-4-2-1-3-14(15)8-10-20-18)21-9-7-13-5-6-16-17(11-13)24-12-23-16/h1-6,8,10-11H,7,9,12H2,(H,21,22). The maximum absolute atomic E-state index is 12.4. The van der Waals surface area contributed by atoms with Crippen LogP contribution in [0.15, 0.2) is 54.7 Å². The van der Waals surface area contributed by atoms with E-state index in [1.54, 1.807) is 6.20 Å². The van der Waals surface area contributed by atoms with Crippen molar-refractivity contribution < 1.29 is 14.3 Å². The lowest BCUT2D eigenvalue weighted by atomic mass is 10.1. The van der Waals surface area contributed by atoms with Crippen molar-refractivity contribution in [1.29, 1.82) is 0 Å². The highest BCUT2D eigenvalue weighted by Gasteiger charge is 2.14. The summed E-state index contributed by atoms with van der Waals surface area (Å²) in [5.41, 5.74) is 1.55. The van der Waals surface area contributed by atoms with Gasteiger partial charge in [0, 0.05) is 18.1 Å². The molecule has 0 unspecified atom stereocenters. The second-order valence-corrected chi connectivity index (χ2v) is 5.57. The zero-order chi connectivity index (χ0) is 16.4. The van der Waals surface area contributed by atoms with E-state index in [0.29, 0.717) is 18.7 Å². The average molecular weight is 320 g/mol. The molecule has 2 heterocycles. The molecule has 0 spiro atoms. The van der Waals surface area contributed by atoms with Crippen LogP contribution in [-0.4, -0.2) is 24.2 Å². The summed E-state index contributed by atoms with van der Waals surface area (Å²) in [6.45, 7) is 0.797. The van der Waals surface area contributed by atoms with Crippen LogP contribution in [0.5, 0.6) is 11.5 Å². The largest absolute Gasteiger partial charge is 0.454 e. The number of hydrogen-bond acceptors (Lipinski definition) is 4. The number of rotatable bonds is 4. The molecule has 0 radical (unpaired) electrons. The molecule has 3 aromatic rings. The molecule has 1 aromatic heterocycles. The van der Waals surface area contributed by atoms with Crippen molar-refractivity contribution in [2.24, 2.45) is 0 Å². The molecular weight excluding hydrogens is 304 g/mol. The minimum Gasteiger partial charge on any atom is -0.454 e. The predicted molar refractivity (Wildman–Crippen MR) is 90.3 cm³/mol. The van der Waals surface area contributed by atoms with Crippen LogP contribution in [0.25, 0.3) is 10.8 Å². The Balaban J connectivity index is 1.43. The lowest BCUT2D eigenvalue weighted by Crippen LogP contribution is -2.26. The fourth-order valence-electron chi connectivity index (χ4n) is 2.80. The quantitative estimate of drug-likeness (QED) is 0.803. The third-order valence-electron chi connectivity index (χ3n) is 4.02.